The fourth-order valence-electron chi connectivity index (χ4n) is 2.58. The zero-order valence-electron chi connectivity index (χ0n) is 12.7. The molecule has 0 unspecified atom stereocenters. The number of aromatic amines is 1. The molecular formula is C16H14N6S. The summed E-state index contributed by atoms with van der Waals surface area (Å²) in [5.74, 6) is 0.732. The van der Waals surface area contributed by atoms with E-state index in [-0.39, 0.29) is 0 Å². The van der Waals surface area contributed by atoms with Gasteiger partial charge in [-0.25, -0.2) is 14.5 Å². The zero-order valence-corrected chi connectivity index (χ0v) is 13.5. The third-order valence-electron chi connectivity index (χ3n) is 3.54. The number of hydrogen-bond acceptors (Lipinski definition) is 5. The molecule has 4 heterocycles. The molecule has 23 heavy (non-hydrogen) atoms. The van der Waals surface area contributed by atoms with E-state index in [0.29, 0.717) is 0 Å². The minimum absolute atomic E-state index is 0.732. The lowest BCUT2D eigenvalue weighted by Gasteiger charge is -1.94. The Labute approximate surface area is 136 Å². The molecule has 0 bridgehead atoms. The second-order valence-corrected chi connectivity index (χ2v) is 6.06. The predicted molar refractivity (Wildman–Crippen MR) is 91.1 cm³/mol. The summed E-state index contributed by atoms with van der Waals surface area (Å²) in [5.41, 5.74) is 3.96. The van der Waals surface area contributed by atoms with Crippen LogP contribution in [0, 0.1) is 6.92 Å². The first-order valence-corrected chi connectivity index (χ1v) is 8.03. The molecule has 4 aromatic rings. The summed E-state index contributed by atoms with van der Waals surface area (Å²) in [5, 5.41) is 12.4. The first-order chi connectivity index (χ1) is 11.3. The van der Waals surface area contributed by atoms with Crippen molar-refractivity contribution in [1.82, 2.24) is 29.8 Å². The molecule has 7 heteroatoms. The average molecular weight is 322 g/mol. The third kappa shape index (κ3) is 2.25. The first kappa shape index (κ1) is 13.8. The number of nitrogens with zero attached hydrogens (tertiary/aromatic N) is 5. The fraction of sp³-hybridized carbons (Fsp3) is 0.125. The van der Waals surface area contributed by atoms with Crippen molar-refractivity contribution in [3.05, 3.63) is 48.2 Å². The molecule has 4 aromatic heterocycles. The summed E-state index contributed by atoms with van der Waals surface area (Å²) in [7, 11) is 0. The lowest BCUT2D eigenvalue weighted by Crippen LogP contribution is -1.83. The molecule has 0 saturated carbocycles. The largest absolute Gasteiger partial charge is 0.259 e. The van der Waals surface area contributed by atoms with Gasteiger partial charge in [-0.3, -0.25) is 5.10 Å². The monoisotopic (exact) mass is 322 g/mol. The van der Waals surface area contributed by atoms with Crippen LogP contribution in [-0.2, 0) is 0 Å². The number of fused-ring (bicyclic) bond motifs is 1. The van der Waals surface area contributed by atoms with Gasteiger partial charge in [0.25, 0.3) is 0 Å². The normalized spacial score (nSPS) is 11.7. The standard InChI is InChI=1S/C16H14N6S/c1-3-6-11-14(15-17-9-18-20-15)23-16(19-11)13-10(2)21-22-8-5-4-7-12(13)22/h3-9H,1-2H3,(H,17,18,20)/b6-3+. The molecular weight excluding hydrogens is 308 g/mol. The minimum Gasteiger partial charge on any atom is -0.259 e. The minimum atomic E-state index is 0.732. The maximum Gasteiger partial charge on any atom is 0.167 e. The van der Waals surface area contributed by atoms with Gasteiger partial charge in [0.15, 0.2) is 5.82 Å². The predicted octanol–water partition coefficient (Wildman–Crippen LogP) is 3.58. The quantitative estimate of drug-likeness (QED) is 0.626. The molecule has 6 nitrogen and oxygen atoms in total. The zero-order chi connectivity index (χ0) is 15.8. The summed E-state index contributed by atoms with van der Waals surface area (Å²) in [6.45, 7) is 3.98. The van der Waals surface area contributed by atoms with E-state index in [0.717, 1.165) is 38.2 Å². The van der Waals surface area contributed by atoms with E-state index in [1.807, 2.05) is 48.8 Å². The van der Waals surface area contributed by atoms with Crippen molar-refractivity contribution >= 4 is 22.9 Å². The highest BCUT2D eigenvalue weighted by Crippen LogP contribution is 2.37. The number of nitrogens with one attached hydrogen (secondary N) is 1. The van der Waals surface area contributed by atoms with E-state index in [4.69, 9.17) is 4.98 Å². The number of rotatable bonds is 3. The van der Waals surface area contributed by atoms with E-state index < -0.39 is 0 Å². The Bertz CT molecular complexity index is 993. The van der Waals surface area contributed by atoms with E-state index in [1.165, 1.54) is 6.33 Å². The van der Waals surface area contributed by atoms with Gasteiger partial charge in [0.2, 0.25) is 0 Å². The molecule has 4 rings (SSSR count). The molecule has 0 saturated heterocycles. The summed E-state index contributed by atoms with van der Waals surface area (Å²) >= 11 is 1.59. The van der Waals surface area contributed by atoms with Gasteiger partial charge in [-0.15, -0.1) is 11.3 Å². The Morgan fingerprint density at radius 2 is 2.22 bits per heavy atom. The van der Waals surface area contributed by atoms with E-state index in [2.05, 4.69) is 26.3 Å². The fourth-order valence-corrected chi connectivity index (χ4v) is 3.68. The van der Waals surface area contributed by atoms with Crippen LogP contribution in [0.4, 0.5) is 0 Å². The van der Waals surface area contributed by atoms with Crippen LogP contribution in [0.3, 0.4) is 0 Å². The van der Waals surface area contributed by atoms with Crippen molar-refractivity contribution in [1.29, 1.82) is 0 Å². The van der Waals surface area contributed by atoms with Gasteiger partial charge in [-0.1, -0.05) is 12.1 Å². The Morgan fingerprint density at radius 3 is 3.00 bits per heavy atom. The Morgan fingerprint density at radius 1 is 1.30 bits per heavy atom. The van der Waals surface area contributed by atoms with Crippen LogP contribution in [-0.4, -0.2) is 29.8 Å². The second-order valence-electron chi connectivity index (χ2n) is 5.06. The van der Waals surface area contributed by atoms with Crippen LogP contribution < -0.4 is 0 Å². The number of aromatic nitrogens is 6. The van der Waals surface area contributed by atoms with Crippen LogP contribution in [0.25, 0.3) is 32.9 Å². The van der Waals surface area contributed by atoms with Crippen molar-refractivity contribution in [2.45, 2.75) is 13.8 Å². The number of hydrogen-bond donors (Lipinski definition) is 1. The molecule has 0 aliphatic heterocycles. The number of allylic oxidation sites excluding steroid dienone is 1. The highest BCUT2D eigenvalue weighted by molar-refractivity contribution is 7.18. The maximum absolute atomic E-state index is 4.80. The molecule has 0 aliphatic carbocycles. The smallest absolute Gasteiger partial charge is 0.167 e. The van der Waals surface area contributed by atoms with E-state index in [1.54, 1.807) is 11.3 Å². The van der Waals surface area contributed by atoms with Gasteiger partial charge in [0.05, 0.1) is 27.3 Å². The maximum atomic E-state index is 4.80. The van der Waals surface area contributed by atoms with Crippen LogP contribution in [0.2, 0.25) is 0 Å². The van der Waals surface area contributed by atoms with E-state index >= 15 is 0 Å². The molecule has 0 aromatic carbocycles. The number of pyridine rings is 1. The van der Waals surface area contributed by atoms with Crippen molar-refractivity contribution in [3.8, 4) is 21.3 Å². The third-order valence-corrected chi connectivity index (χ3v) is 4.63. The lowest BCUT2D eigenvalue weighted by atomic mass is 10.2. The van der Waals surface area contributed by atoms with Gasteiger partial charge < -0.3 is 0 Å². The van der Waals surface area contributed by atoms with Crippen molar-refractivity contribution in [3.63, 3.8) is 0 Å². The summed E-state index contributed by atoms with van der Waals surface area (Å²) < 4.78 is 1.88. The molecule has 0 atom stereocenters. The van der Waals surface area contributed by atoms with Gasteiger partial charge in [0, 0.05) is 6.20 Å². The Balaban J connectivity index is 1.95. The topological polar surface area (TPSA) is 71.8 Å². The Hall–Kier alpha value is -2.80. The molecule has 114 valence electrons. The number of aryl methyl sites for hydroxylation is 1. The lowest BCUT2D eigenvalue weighted by molar-refractivity contribution is 0.934. The van der Waals surface area contributed by atoms with E-state index in [9.17, 15) is 0 Å². The number of H-pyrrole nitrogens is 1. The van der Waals surface area contributed by atoms with Gasteiger partial charge in [-0.2, -0.15) is 10.2 Å². The molecule has 0 aliphatic rings. The van der Waals surface area contributed by atoms with Gasteiger partial charge >= 0.3 is 0 Å². The molecule has 0 radical (unpaired) electrons. The summed E-state index contributed by atoms with van der Waals surface area (Å²) in [6.07, 6.45) is 7.42. The van der Waals surface area contributed by atoms with Crippen molar-refractivity contribution < 1.29 is 0 Å². The number of thiazole rings is 1. The second kappa shape index (κ2) is 5.44. The average Bonchev–Trinajstić information content (AvgIpc) is 3.24. The molecule has 0 fully saturated rings. The van der Waals surface area contributed by atoms with Crippen molar-refractivity contribution in [2.24, 2.45) is 0 Å². The van der Waals surface area contributed by atoms with Crippen molar-refractivity contribution in [2.75, 3.05) is 0 Å². The van der Waals surface area contributed by atoms with Gasteiger partial charge in [0.1, 0.15) is 11.3 Å². The van der Waals surface area contributed by atoms with Crippen LogP contribution in [0.1, 0.15) is 18.3 Å². The highest BCUT2D eigenvalue weighted by Gasteiger charge is 2.19. The van der Waals surface area contributed by atoms with Crippen LogP contribution in [0.15, 0.2) is 36.8 Å². The SMILES string of the molecule is C/C=C/c1nc(-c2c(C)nn3ccccc23)sc1-c1ncn[nH]1. The van der Waals surface area contributed by atoms with Crippen LogP contribution >= 0.6 is 11.3 Å². The van der Waals surface area contributed by atoms with Gasteiger partial charge in [-0.05, 0) is 32.1 Å². The van der Waals surface area contributed by atoms with Crippen LogP contribution in [0.5, 0.6) is 0 Å². The summed E-state index contributed by atoms with van der Waals surface area (Å²) in [6, 6.07) is 6.04. The highest BCUT2D eigenvalue weighted by atomic mass is 32.1. The Kier molecular flexibility index (Phi) is 3.27. The first-order valence-electron chi connectivity index (χ1n) is 7.21. The summed E-state index contributed by atoms with van der Waals surface area (Å²) in [4.78, 5) is 10.0. The molecule has 0 spiro atoms. The molecule has 1 N–H and O–H groups in total. The molecule has 0 amide bonds.